The van der Waals surface area contributed by atoms with Gasteiger partial charge in [-0.15, -0.1) is 0 Å². The highest BCUT2D eigenvalue weighted by Gasteiger charge is 2.32. The number of carbonyl (C=O) groups is 1. The van der Waals surface area contributed by atoms with Crippen molar-refractivity contribution in [2.75, 3.05) is 5.32 Å². The first kappa shape index (κ1) is 16.4. The molecule has 0 aliphatic rings. The van der Waals surface area contributed by atoms with Gasteiger partial charge in [-0.25, -0.2) is 0 Å². The molecule has 0 radical (unpaired) electrons. The van der Waals surface area contributed by atoms with Crippen LogP contribution in [0, 0.1) is 6.92 Å². The average molecular weight is 328 g/mol. The van der Waals surface area contributed by atoms with Crippen molar-refractivity contribution in [3.05, 3.63) is 64.2 Å². The number of carbonyl (C=O) groups excluding carboxylic acids is 1. The van der Waals surface area contributed by atoms with Gasteiger partial charge in [-0.3, -0.25) is 4.79 Å². The van der Waals surface area contributed by atoms with Crippen LogP contribution in [0.2, 0.25) is 5.02 Å². The number of benzene rings is 2. The van der Waals surface area contributed by atoms with Crippen molar-refractivity contribution >= 4 is 23.2 Å². The molecule has 0 atom stereocenters. The van der Waals surface area contributed by atoms with Crippen LogP contribution in [-0.4, -0.2) is 5.91 Å². The highest BCUT2D eigenvalue weighted by atomic mass is 35.5. The highest BCUT2D eigenvalue weighted by Crippen LogP contribution is 2.33. The molecule has 2 nitrogen and oxygen atoms in total. The maximum Gasteiger partial charge on any atom is 0.416 e. The third-order valence-electron chi connectivity index (χ3n) is 3.14. The number of nitrogens with one attached hydrogen (secondary N) is 1. The van der Waals surface area contributed by atoms with E-state index in [1.807, 2.05) is 0 Å². The topological polar surface area (TPSA) is 29.1 Å². The molecule has 6 heteroatoms. The monoisotopic (exact) mass is 327 g/mol. The van der Waals surface area contributed by atoms with E-state index in [2.05, 4.69) is 5.32 Å². The fourth-order valence-electron chi connectivity index (χ4n) is 2.03. The van der Waals surface area contributed by atoms with Gasteiger partial charge in [0, 0.05) is 10.7 Å². The summed E-state index contributed by atoms with van der Waals surface area (Å²) in [5, 5.41) is 2.90. The minimum atomic E-state index is -4.45. The first-order valence-corrected chi connectivity index (χ1v) is 6.86. The van der Waals surface area contributed by atoms with Crippen molar-refractivity contribution in [2.45, 2.75) is 19.5 Å². The third-order valence-corrected chi connectivity index (χ3v) is 3.50. The molecule has 0 spiro atoms. The van der Waals surface area contributed by atoms with Crippen molar-refractivity contribution < 1.29 is 18.0 Å². The number of alkyl halides is 3. The smallest absolute Gasteiger partial charge is 0.326 e. The minimum Gasteiger partial charge on any atom is -0.326 e. The van der Waals surface area contributed by atoms with Crippen LogP contribution >= 0.6 is 11.6 Å². The van der Waals surface area contributed by atoms with Crippen LogP contribution in [0.1, 0.15) is 16.7 Å². The lowest BCUT2D eigenvalue weighted by molar-refractivity contribution is -0.138. The Morgan fingerprint density at radius 3 is 2.50 bits per heavy atom. The van der Waals surface area contributed by atoms with E-state index in [9.17, 15) is 18.0 Å². The molecule has 0 saturated heterocycles. The van der Waals surface area contributed by atoms with Crippen LogP contribution < -0.4 is 5.32 Å². The lowest BCUT2D eigenvalue weighted by Gasteiger charge is -2.13. The van der Waals surface area contributed by atoms with Gasteiger partial charge in [-0.05, 0) is 36.2 Å². The zero-order chi connectivity index (χ0) is 16.3. The summed E-state index contributed by atoms with van der Waals surface area (Å²) in [6.07, 6.45) is -4.46. The normalized spacial score (nSPS) is 11.3. The van der Waals surface area contributed by atoms with Gasteiger partial charge in [-0.1, -0.05) is 35.9 Å². The molecule has 0 unspecified atom stereocenters. The van der Waals surface area contributed by atoms with Crippen molar-refractivity contribution in [2.24, 2.45) is 0 Å². The fraction of sp³-hybridized carbons (Fsp3) is 0.188. The van der Waals surface area contributed by atoms with Crippen molar-refractivity contribution in [3.63, 3.8) is 0 Å². The summed E-state index contributed by atoms with van der Waals surface area (Å²) in [4.78, 5) is 11.9. The van der Waals surface area contributed by atoms with Crippen LogP contribution in [0.5, 0.6) is 0 Å². The Hall–Kier alpha value is -2.01. The van der Waals surface area contributed by atoms with E-state index >= 15 is 0 Å². The largest absolute Gasteiger partial charge is 0.416 e. The molecule has 0 bridgehead atoms. The summed E-state index contributed by atoms with van der Waals surface area (Å²) in [7, 11) is 0. The van der Waals surface area contributed by atoms with E-state index < -0.39 is 17.6 Å². The summed E-state index contributed by atoms with van der Waals surface area (Å²) >= 11 is 5.95. The summed E-state index contributed by atoms with van der Waals surface area (Å²) in [6.45, 7) is 1.37. The maximum absolute atomic E-state index is 12.8. The zero-order valence-electron chi connectivity index (χ0n) is 11.7. The molecule has 2 rings (SSSR count). The number of halogens is 4. The van der Waals surface area contributed by atoms with Gasteiger partial charge in [0.2, 0.25) is 5.91 Å². The van der Waals surface area contributed by atoms with Gasteiger partial charge in [0.05, 0.1) is 12.0 Å². The number of amides is 1. The maximum atomic E-state index is 12.8. The predicted octanol–water partition coefficient (Wildman–Crippen LogP) is 4.85. The number of anilines is 1. The second-order valence-corrected chi connectivity index (χ2v) is 5.25. The minimum absolute atomic E-state index is 0.00506. The Kier molecular flexibility index (Phi) is 4.76. The molecule has 1 N–H and O–H groups in total. The van der Waals surface area contributed by atoms with Gasteiger partial charge in [0.25, 0.3) is 0 Å². The Balaban J connectivity index is 2.14. The van der Waals surface area contributed by atoms with Gasteiger partial charge in [0.15, 0.2) is 0 Å². The Labute approximate surface area is 130 Å². The molecule has 116 valence electrons. The first-order valence-electron chi connectivity index (χ1n) is 6.48. The van der Waals surface area contributed by atoms with Crippen molar-refractivity contribution in [1.29, 1.82) is 0 Å². The Morgan fingerprint density at radius 2 is 1.86 bits per heavy atom. The van der Waals surface area contributed by atoms with Crippen LogP contribution in [0.25, 0.3) is 0 Å². The number of hydrogen-bond donors (Lipinski definition) is 1. The second-order valence-electron chi connectivity index (χ2n) is 4.84. The Bertz CT molecular complexity index is 698. The molecule has 22 heavy (non-hydrogen) atoms. The molecule has 0 aromatic heterocycles. The summed E-state index contributed by atoms with van der Waals surface area (Å²) in [5.74, 6) is -0.426. The molecule has 2 aromatic carbocycles. The van der Waals surface area contributed by atoms with E-state index in [1.54, 1.807) is 24.3 Å². The van der Waals surface area contributed by atoms with Crippen molar-refractivity contribution in [1.82, 2.24) is 0 Å². The van der Waals surface area contributed by atoms with E-state index in [0.717, 1.165) is 6.07 Å². The second kappa shape index (κ2) is 6.40. The van der Waals surface area contributed by atoms with Gasteiger partial charge in [0.1, 0.15) is 0 Å². The lowest BCUT2D eigenvalue weighted by atomic mass is 10.1. The molecular formula is C16H13ClF3NO. The number of rotatable bonds is 3. The van der Waals surface area contributed by atoms with E-state index in [1.165, 1.54) is 19.1 Å². The van der Waals surface area contributed by atoms with E-state index in [4.69, 9.17) is 11.6 Å². The predicted molar refractivity (Wildman–Crippen MR) is 80.0 cm³/mol. The van der Waals surface area contributed by atoms with Gasteiger partial charge >= 0.3 is 6.18 Å². The van der Waals surface area contributed by atoms with Gasteiger partial charge in [-0.2, -0.15) is 13.2 Å². The number of hydrogen-bond acceptors (Lipinski definition) is 1. The summed E-state index contributed by atoms with van der Waals surface area (Å²) < 4.78 is 38.5. The molecular weight excluding hydrogens is 315 g/mol. The summed E-state index contributed by atoms with van der Waals surface area (Å²) in [5.41, 5.74) is 0.0689. The highest BCUT2D eigenvalue weighted by molar-refractivity contribution is 6.31. The molecule has 0 fully saturated rings. The van der Waals surface area contributed by atoms with Crippen LogP contribution in [0.3, 0.4) is 0 Å². The molecule has 0 aliphatic heterocycles. The lowest BCUT2D eigenvalue weighted by Crippen LogP contribution is -2.16. The van der Waals surface area contributed by atoms with Crippen LogP contribution in [0.15, 0.2) is 42.5 Å². The average Bonchev–Trinajstić information content (AvgIpc) is 2.42. The third kappa shape index (κ3) is 4.01. The standard InChI is InChI=1S/C16H13ClF3NO/c1-10-6-7-12(9-13(10)16(18,19)20)21-15(22)8-11-4-2-3-5-14(11)17/h2-7,9H,8H2,1H3,(H,21,22). The van der Waals surface area contributed by atoms with Crippen molar-refractivity contribution in [3.8, 4) is 0 Å². The summed E-state index contributed by atoms with van der Waals surface area (Å²) in [6, 6.07) is 10.5. The SMILES string of the molecule is Cc1ccc(NC(=O)Cc2ccccc2Cl)cc1C(F)(F)F. The van der Waals surface area contributed by atoms with E-state index in [0.29, 0.717) is 10.6 Å². The quantitative estimate of drug-likeness (QED) is 0.858. The number of aryl methyl sites for hydroxylation is 1. The van der Waals surface area contributed by atoms with Crippen LogP contribution in [0.4, 0.5) is 18.9 Å². The fourth-order valence-corrected chi connectivity index (χ4v) is 2.23. The molecule has 2 aromatic rings. The van der Waals surface area contributed by atoms with Crippen LogP contribution in [-0.2, 0) is 17.4 Å². The molecule has 1 amide bonds. The molecule has 0 saturated carbocycles. The van der Waals surface area contributed by atoms with E-state index in [-0.39, 0.29) is 17.7 Å². The van der Waals surface area contributed by atoms with Gasteiger partial charge < -0.3 is 5.32 Å². The molecule has 0 aliphatic carbocycles. The Morgan fingerprint density at radius 1 is 1.18 bits per heavy atom. The first-order chi connectivity index (χ1) is 10.3. The zero-order valence-corrected chi connectivity index (χ0v) is 12.4. The molecule has 0 heterocycles.